The van der Waals surface area contributed by atoms with Crippen LogP contribution >= 0.6 is 0 Å². The molecule has 0 aromatic heterocycles. The maximum absolute atomic E-state index is 11.8. The number of hydrogen-bond acceptors (Lipinski definition) is 3. The van der Waals surface area contributed by atoms with Crippen LogP contribution in [0.3, 0.4) is 0 Å². The van der Waals surface area contributed by atoms with E-state index in [1.807, 2.05) is 19.9 Å². The Morgan fingerprint density at radius 2 is 1.89 bits per heavy atom. The van der Waals surface area contributed by atoms with E-state index in [0.29, 0.717) is 0 Å². The molecular weight excluding hydrogens is 230 g/mol. The molecule has 2 amide bonds. The molecule has 5 nitrogen and oxygen atoms in total. The lowest BCUT2D eigenvalue weighted by atomic mass is 9.97. The maximum atomic E-state index is 11.8. The van der Waals surface area contributed by atoms with Gasteiger partial charge in [0.1, 0.15) is 5.92 Å². The number of nitrogens with zero attached hydrogens (tertiary/aromatic N) is 2. The van der Waals surface area contributed by atoms with Crippen molar-refractivity contribution in [3.63, 3.8) is 0 Å². The molecule has 100 valence electrons. The van der Waals surface area contributed by atoms with E-state index in [1.54, 1.807) is 4.90 Å². The second-order valence-corrected chi connectivity index (χ2v) is 5.01. The van der Waals surface area contributed by atoms with Gasteiger partial charge in [-0.25, -0.2) is 0 Å². The summed E-state index contributed by atoms with van der Waals surface area (Å²) >= 11 is 0. The molecule has 1 fully saturated rings. The summed E-state index contributed by atoms with van der Waals surface area (Å²) in [5, 5.41) is 11.4. The molecule has 1 unspecified atom stereocenters. The number of hydrogen-bond donors (Lipinski definition) is 1. The fourth-order valence-electron chi connectivity index (χ4n) is 2.04. The number of nitrogens with one attached hydrogen (secondary N) is 1. The summed E-state index contributed by atoms with van der Waals surface area (Å²) in [6.07, 6.45) is 3.24. The average molecular weight is 251 g/mol. The Hall–Kier alpha value is -1.57. The van der Waals surface area contributed by atoms with Gasteiger partial charge in [-0.2, -0.15) is 5.26 Å². The maximum Gasteiger partial charge on any atom is 0.241 e. The number of likely N-dealkylation sites (tertiary alicyclic amines) is 1. The third kappa shape index (κ3) is 4.02. The smallest absolute Gasteiger partial charge is 0.241 e. The molecule has 1 heterocycles. The van der Waals surface area contributed by atoms with E-state index in [1.165, 1.54) is 6.42 Å². The first-order valence-corrected chi connectivity index (χ1v) is 6.51. The normalized spacial score (nSPS) is 17.1. The standard InChI is InChI=1S/C13H21N3O2/c1-10(2)11(8-14)13(18)15-9-12(17)16-6-4-3-5-7-16/h10-11H,3-7,9H2,1-2H3,(H,15,18). The Labute approximate surface area is 108 Å². The summed E-state index contributed by atoms with van der Waals surface area (Å²) in [7, 11) is 0. The summed E-state index contributed by atoms with van der Waals surface area (Å²) in [6.45, 7) is 5.20. The minimum Gasteiger partial charge on any atom is -0.346 e. The van der Waals surface area contributed by atoms with Gasteiger partial charge in [0.2, 0.25) is 11.8 Å². The Bertz CT molecular complexity index is 341. The van der Waals surface area contributed by atoms with Crippen molar-refractivity contribution < 1.29 is 9.59 Å². The zero-order valence-corrected chi connectivity index (χ0v) is 11.1. The number of amides is 2. The Morgan fingerprint density at radius 3 is 2.39 bits per heavy atom. The SMILES string of the molecule is CC(C)C(C#N)C(=O)NCC(=O)N1CCCCC1. The van der Waals surface area contributed by atoms with Gasteiger partial charge in [-0.3, -0.25) is 9.59 Å². The van der Waals surface area contributed by atoms with Gasteiger partial charge in [-0.05, 0) is 25.2 Å². The lowest BCUT2D eigenvalue weighted by molar-refractivity contribution is -0.134. The molecule has 0 saturated carbocycles. The van der Waals surface area contributed by atoms with Crippen LogP contribution in [0.1, 0.15) is 33.1 Å². The minimum atomic E-state index is -0.681. The van der Waals surface area contributed by atoms with E-state index in [9.17, 15) is 9.59 Å². The van der Waals surface area contributed by atoms with Crippen molar-refractivity contribution in [1.29, 1.82) is 5.26 Å². The highest BCUT2D eigenvalue weighted by atomic mass is 16.2. The van der Waals surface area contributed by atoms with Gasteiger partial charge in [0, 0.05) is 13.1 Å². The van der Waals surface area contributed by atoms with E-state index in [0.717, 1.165) is 25.9 Å². The second kappa shape index (κ2) is 7.00. The van der Waals surface area contributed by atoms with Gasteiger partial charge in [-0.1, -0.05) is 13.8 Å². The van der Waals surface area contributed by atoms with Gasteiger partial charge in [0.25, 0.3) is 0 Å². The van der Waals surface area contributed by atoms with E-state index < -0.39 is 5.92 Å². The molecule has 0 radical (unpaired) electrons. The predicted molar refractivity (Wildman–Crippen MR) is 67.4 cm³/mol. The lowest BCUT2D eigenvalue weighted by Crippen LogP contribution is -2.44. The lowest BCUT2D eigenvalue weighted by Gasteiger charge is -2.27. The molecule has 18 heavy (non-hydrogen) atoms. The molecular formula is C13H21N3O2. The van der Waals surface area contributed by atoms with E-state index in [2.05, 4.69) is 5.32 Å². The third-order valence-electron chi connectivity index (χ3n) is 3.21. The van der Waals surface area contributed by atoms with Crippen molar-refractivity contribution in [1.82, 2.24) is 10.2 Å². The molecule has 1 aliphatic heterocycles. The van der Waals surface area contributed by atoms with Crippen molar-refractivity contribution in [3.8, 4) is 6.07 Å². The van der Waals surface area contributed by atoms with Crippen molar-refractivity contribution in [2.75, 3.05) is 19.6 Å². The zero-order chi connectivity index (χ0) is 13.5. The second-order valence-electron chi connectivity index (χ2n) is 5.01. The van der Waals surface area contributed by atoms with Crippen LogP contribution in [0.15, 0.2) is 0 Å². The molecule has 1 N–H and O–H groups in total. The highest BCUT2D eigenvalue weighted by Gasteiger charge is 2.23. The van der Waals surface area contributed by atoms with Crippen LogP contribution in [0.5, 0.6) is 0 Å². The molecule has 0 aliphatic carbocycles. The number of carbonyl (C=O) groups excluding carboxylic acids is 2. The van der Waals surface area contributed by atoms with E-state index >= 15 is 0 Å². The first-order valence-electron chi connectivity index (χ1n) is 6.51. The highest BCUT2D eigenvalue weighted by molar-refractivity contribution is 5.87. The Morgan fingerprint density at radius 1 is 1.28 bits per heavy atom. The average Bonchev–Trinajstić information content (AvgIpc) is 2.37. The molecule has 1 saturated heterocycles. The molecule has 0 aromatic carbocycles. The summed E-state index contributed by atoms with van der Waals surface area (Å²) < 4.78 is 0. The summed E-state index contributed by atoms with van der Waals surface area (Å²) in [5.41, 5.74) is 0. The third-order valence-corrected chi connectivity index (χ3v) is 3.21. The molecule has 1 aliphatic rings. The van der Waals surface area contributed by atoms with Crippen molar-refractivity contribution in [2.45, 2.75) is 33.1 Å². The van der Waals surface area contributed by atoms with Crippen LogP contribution in [0.25, 0.3) is 0 Å². The topological polar surface area (TPSA) is 73.2 Å². The zero-order valence-electron chi connectivity index (χ0n) is 11.1. The van der Waals surface area contributed by atoms with E-state index in [4.69, 9.17) is 5.26 Å². The summed E-state index contributed by atoms with van der Waals surface area (Å²) in [6, 6.07) is 1.97. The summed E-state index contributed by atoms with van der Waals surface area (Å²) in [5.74, 6) is -1.12. The van der Waals surface area contributed by atoms with Crippen molar-refractivity contribution in [2.24, 2.45) is 11.8 Å². The van der Waals surface area contributed by atoms with Crippen LogP contribution in [0.2, 0.25) is 0 Å². The molecule has 1 rings (SSSR count). The van der Waals surface area contributed by atoms with Crippen LogP contribution in [0, 0.1) is 23.2 Å². The Kier molecular flexibility index (Phi) is 5.63. The first kappa shape index (κ1) is 14.5. The number of rotatable bonds is 4. The highest BCUT2D eigenvalue weighted by Crippen LogP contribution is 2.10. The van der Waals surface area contributed by atoms with Gasteiger partial charge in [0.05, 0.1) is 12.6 Å². The quantitative estimate of drug-likeness (QED) is 0.807. The largest absolute Gasteiger partial charge is 0.346 e. The van der Waals surface area contributed by atoms with Gasteiger partial charge >= 0.3 is 0 Å². The van der Waals surface area contributed by atoms with Crippen molar-refractivity contribution >= 4 is 11.8 Å². The van der Waals surface area contributed by atoms with Crippen LogP contribution in [0.4, 0.5) is 0 Å². The molecule has 0 spiro atoms. The van der Waals surface area contributed by atoms with Gasteiger partial charge < -0.3 is 10.2 Å². The summed E-state index contributed by atoms with van der Waals surface area (Å²) in [4.78, 5) is 25.3. The van der Waals surface area contributed by atoms with Crippen LogP contribution < -0.4 is 5.32 Å². The monoisotopic (exact) mass is 251 g/mol. The fourth-order valence-corrected chi connectivity index (χ4v) is 2.04. The fraction of sp³-hybridized carbons (Fsp3) is 0.769. The van der Waals surface area contributed by atoms with Crippen LogP contribution in [-0.4, -0.2) is 36.3 Å². The first-order chi connectivity index (χ1) is 8.56. The molecule has 5 heteroatoms. The number of piperidine rings is 1. The van der Waals surface area contributed by atoms with Gasteiger partial charge in [-0.15, -0.1) is 0 Å². The number of carbonyl (C=O) groups is 2. The Balaban J connectivity index is 2.37. The molecule has 1 atom stereocenters. The predicted octanol–water partition coefficient (Wildman–Crippen LogP) is 0.911. The molecule has 0 bridgehead atoms. The van der Waals surface area contributed by atoms with E-state index in [-0.39, 0.29) is 24.3 Å². The minimum absolute atomic E-state index is 0.00370. The molecule has 0 aromatic rings. The van der Waals surface area contributed by atoms with Crippen molar-refractivity contribution in [3.05, 3.63) is 0 Å². The van der Waals surface area contributed by atoms with Gasteiger partial charge in [0.15, 0.2) is 0 Å². The number of nitriles is 1. The van der Waals surface area contributed by atoms with Crippen LogP contribution in [-0.2, 0) is 9.59 Å².